The quantitative estimate of drug-likeness (QED) is 0.584. The van der Waals surface area contributed by atoms with Gasteiger partial charge in [0.1, 0.15) is 0 Å². The lowest BCUT2D eigenvalue weighted by atomic mass is 10.2. The average molecular weight is 271 g/mol. The van der Waals surface area contributed by atoms with Gasteiger partial charge < -0.3 is 0 Å². The lowest BCUT2D eigenvalue weighted by Gasteiger charge is -1.00. The van der Waals surface area contributed by atoms with E-state index in [1.54, 1.807) is 0 Å². The summed E-state index contributed by atoms with van der Waals surface area (Å²) in [4.78, 5) is 0. The maximum Gasteiger partial charge on any atom is 0.0973 e. The Bertz CT molecular complexity index is 6.85. The molecule has 0 atom stereocenters. The molecule has 0 aliphatic heterocycles. The molecule has 0 aromatic carbocycles. The smallest absolute Gasteiger partial charge is 0.0973 e. The summed E-state index contributed by atoms with van der Waals surface area (Å²) < 4.78 is 0. The third-order valence-electron chi connectivity index (χ3n) is 0. The van der Waals surface area contributed by atoms with E-state index in [4.69, 9.17) is 0 Å². The Balaban J connectivity index is -0.00000000167. The van der Waals surface area contributed by atoms with Crippen LogP contribution in [0.25, 0.3) is 0 Å². The van der Waals surface area contributed by atoms with Crippen LogP contribution in [0.1, 0.15) is 0 Å². The van der Waals surface area contributed by atoms with E-state index in [0.717, 1.165) is 0 Å². The molecule has 0 unspecified atom stereocenters. The summed E-state index contributed by atoms with van der Waals surface area (Å²) >= 11 is 0. The van der Waals surface area contributed by atoms with Gasteiger partial charge in [0.05, 0.1) is 7.85 Å². The number of halogens is 3. The van der Waals surface area contributed by atoms with Gasteiger partial charge in [0.2, 0.25) is 0 Å². The Kier molecular flexibility index (Phi) is 310. The molecule has 0 heterocycles. The van der Waals surface area contributed by atoms with Crippen LogP contribution in [0, 0.1) is 0 Å². The lowest BCUT2D eigenvalue weighted by Crippen LogP contribution is -1.13. The molecule has 0 aliphatic rings. The second-order valence-corrected chi connectivity index (χ2v) is 0. The highest BCUT2D eigenvalue weighted by molar-refractivity contribution is 8.93. The standard InChI is InChI=1S/CH5B.3BrH/c1-2;;;/h2H2,1H3;3*1H. The summed E-state index contributed by atoms with van der Waals surface area (Å²) in [5.74, 6) is 0. The molecule has 5 heavy (non-hydrogen) atoms. The van der Waals surface area contributed by atoms with Crippen LogP contribution < -0.4 is 0 Å². The molecule has 0 N–H and O–H groups in total. The van der Waals surface area contributed by atoms with Crippen molar-refractivity contribution in [2.24, 2.45) is 0 Å². The van der Waals surface area contributed by atoms with Crippen molar-refractivity contribution in [2.75, 3.05) is 0 Å². The molecule has 0 spiro atoms. The average Bonchev–Trinajstić information content (AvgIpc) is 1.00. The first-order valence-corrected chi connectivity index (χ1v) is 1.00. The minimum atomic E-state index is 0. The number of hydrogen-bond acceptors (Lipinski definition) is 0. The van der Waals surface area contributed by atoms with Gasteiger partial charge in [-0.15, -0.1) is 50.9 Å². The summed E-state index contributed by atoms with van der Waals surface area (Å²) in [7, 11) is 2.00. The van der Waals surface area contributed by atoms with Crippen LogP contribution in [-0.2, 0) is 0 Å². The molecule has 0 aromatic heterocycles. The van der Waals surface area contributed by atoms with Gasteiger partial charge in [-0.3, -0.25) is 0 Å². The first kappa shape index (κ1) is 31.4. The van der Waals surface area contributed by atoms with Crippen molar-refractivity contribution in [3.8, 4) is 0 Å². The molecule has 0 aromatic rings. The van der Waals surface area contributed by atoms with Crippen molar-refractivity contribution in [3.63, 3.8) is 0 Å². The van der Waals surface area contributed by atoms with Gasteiger partial charge >= 0.3 is 0 Å². The van der Waals surface area contributed by atoms with Gasteiger partial charge in [0.15, 0.2) is 0 Å². The molecule has 0 rings (SSSR count). The van der Waals surface area contributed by atoms with Crippen LogP contribution in [0.5, 0.6) is 0 Å². The van der Waals surface area contributed by atoms with Gasteiger partial charge in [-0.05, 0) is 0 Å². The molecule has 0 nitrogen and oxygen atoms in total. The second kappa shape index (κ2) is 49.3. The van der Waals surface area contributed by atoms with Crippen molar-refractivity contribution < 1.29 is 0 Å². The molecule has 0 radical (unpaired) electrons. The van der Waals surface area contributed by atoms with E-state index in [0.29, 0.717) is 0 Å². The molecule has 0 bridgehead atoms. The zero-order valence-corrected chi connectivity index (χ0v) is 8.36. The normalized spacial score (nSPS) is 1.00. The van der Waals surface area contributed by atoms with E-state index in [2.05, 4.69) is 0 Å². The number of rotatable bonds is 0. The molecular weight excluding hydrogens is 263 g/mol. The monoisotopic (exact) mass is 268 g/mol. The topological polar surface area (TPSA) is 0 Å². The van der Waals surface area contributed by atoms with Gasteiger partial charge in [0, 0.05) is 0 Å². The highest BCUT2D eigenvalue weighted by Crippen LogP contribution is 0.960. The largest absolute Gasteiger partial charge is 0.114 e. The summed E-state index contributed by atoms with van der Waals surface area (Å²) in [6.07, 6.45) is 0. The Morgan fingerprint density at radius 2 is 0.800 bits per heavy atom. The summed E-state index contributed by atoms with van der Waals surface area (Å²) in [6.45, 7) is 2.00. The van der Waals surface area contributed by atoms with Gasteiger partial charge in [-0.2, -0.15) is 0 Å². The number of hydrogen-bond donors (Lipinski definition) is 0. The zero-order chi connectivity index (χ0) is 2.00. The molecular formula is CH8BBr3. The Labute approximate surface area is 65.4 Å². The fraction of sp³-hybridized carbons (Fsp3) is 1.00. The van der Waals surface area contributed by atoms with Crippen LogP contribution in [0.3, 0.4) is 0 Å². The van der Waals surface area contributed by atoms with E-state index in [1.165, 1.54) is 0 Å². The van der Waals surface area contributed by atoms with Crippen molar-refractivity contribution in [2.45, 2.75) is 6.82 Å². The molecule has 0 saturated carbocycles. The zero-order valence-electron chi connectivity index (χ0n) is 3.22. The SMILES string of the molecule is BC.Br.Br.Br. The van der Waals surface area contributed by atoms with Crippen molar-refractivity contribution >= 4 is 58.8 Å². The summed E-state index contributed by atoms with van der Waals surface area (Å²) in [6, 6.07) is 0. The van der Waals surface area contributed by atoms with E-state index in [1.807, 2.05) is 14.7 Å². The maximum atomic E-state index is 2.00. The molecule has 36 valence electrons. The molecule has 0 aliphatic carbocycles. The van der Waals surface area contributed by atoms with Gasteiger partial charge in [-0.25, -0.2) is 0 Å². The summed E-state index contributed by atoms with van der Waals surface area (Å²) in [5, 5.41) is 0. The van der Waals surface area contributed by atoms with Gasteiger partial charge in [-0.1, -0.05) is 6.82 Å². The van der Waals surface area contributed by atoms with Crippen LogP contribution in [0.4, 0.5) is 0 Å². The van der Waals surface area contributed by atoms with Crippen LogP contribution in [0.15, 0.2) is 0 Å². The third kappa shape index (κ3) is 29.9. The highest BCUT2D eigenvalue weighted by atomic mass is 79.9. The van der Waals surface area contributed by atoms with Crippen molar-refractivity contribution in [1.82, 2.24) is 0 Å². The Hall–Kier alpha value is 1.50. The fourth-order valence-corrected chi connectivity index (χ4v) is 0. The Morgan fingerprint density at radius 1 is 0.800 bits per heavy atom. The van der Waals surface area contributed by atoms with E-state index in [-0.39, 0.29) is 50.9 Å². The van der Waals surface area contributed by atoms with Crippen LogP contribution >= 0.6 is 50.9 Å². The van der Waals surface area contributed by atoms with Crippen molar-refractivity contribution in [3.05, 3.63) is 0 Å². The van der Waals surface area contributed by atoms with Crippen LogP contribution in [-0.4, -0.2) is 7.85 Å². The summed E-state index contributed by atoms with van der Waals surface area (Å²) in [5.41, 5.74) is 0. The van der Waals surface area contributed by atoms with E-state index < -0.39 is 0 Å². The van der Waals surface area contributed by atoms with Gasteiger partial charge in [0.25, 0.3) is 0 Å². The van der Waals surface area contributed by atoms with E-state index >= 15 is 0 Å². The predicted molar refractivity (Wildman–Crippen MR) is 45.4 cm³/mol. The van der Waals surface area contributed by atoms with Crippen molar-refractivity contribution in [1.29, 1.82) is 0 Å². The van der Waals surface area contributed by atoms with E-state index in [9.17, 15) is 0 Å². The first-order valence-electron chi connectivity index (χ1n) is 1.00. The minimum absolute atomic E-state index is 0. The lowest BCUT2D eigenvalue weighted by molar-refractivity contribution is 2.40. The molecule has 4 heteroatoms. The third-order valence-corrected chi connectivity index (χ3v) is 0. The molecule has 0 fully saturated rings. The highest BCUT2D eigenvalue weighted by Gasteiger charge is 1.01. The van der Waals surface area contributed by atoms with Crippen LogP contribution in [0.2, 0.25) is 6.82 Å². The first-order chi connectivity index (χ1) is 1.00. The second-order valence-electron chi connectivity index (χ2n) is 0. The maximum absolute atomic E-state index is 2.00. The Morgan fingerprint density at radius 3 is 0.800 bits per heavy atom. The molecule has 0 amide bonds. The predicted octanol–water partition coefficient (Wildman–Crippen LogP) is 1.40. The molecule has 0 saturated heterocycles. The minimum Gasteiger partial charge on any atom is -0.114 e. The fourth-order valence-electron chi connectivity index (χ4n) is 0.